The summed E-state index contributed by atoms with van der Waals surface area (Å²) in [6, 6.07) is 8.09. The Balaban J connectivity index is 1.66. The summed E-state index contributed by atoms with van der Waals surface area (Å²) in [6.45, 7) is 2.75. The first-order chi connectivity index (χ1) is 20.0. The van der Waals surface area contributed by atoms with Crippen LogP contribution in [0.5, 0.6) is 5.88 Å². The molecule has 220 valence electrons. The molecule has 1 N–H and O–H groups in total. The number of piperazine rings is 1. The van der Waals surface area contributed by atoms with Gasteiger partial charge in [0.1, 0.15) is 22.6 Å². The molecule has 0 radical (unpaired) electrons. The predicted octanol–water partition coefficient (Wildman–Crippen LogP) is 2.86. The van der Waals surface area contributed by atoms with Gasteiger partial charge in [-0.15, -0.1) is 0 Å². The molecule has 3 aromatic heterocycles. The lowest BCUT2D eigenvalue weighted by Crippen LogP contribution is -2.44. The normalized spacial score (nSPS) is 14.1. The molecule has 1 fully saturated rings. The van der Waals surface area contributed by atoms with E-state index in [1.165, 1.54) is 24.7 Å². The van der Waals surface area contributed by atoms with Gasteiger partial charge in [-0.05, 0) is 30.3 Å². The van der Waals surface area contributed by atoms with E-state index in [-0.39, 0.29) is 15.7 Å². The molecule has 0 unspecified atom stereocenters. The molecule has 12 nitrogen and oxygen atoms in total. The van der Waals surface area contributed by atoms with Gasteiger partial charge < -0.3 is 19.8 Å². The van der Waals surface area contributed by atoms with E-state index < -0.39 is 44.4 Å². The molecule has 42 heavy (non-hydrogen) atoms. The van der Waals surface area contributed by atoms with Crippen molar-refractivity contribution in [1.29, 1.82) is 0 Å². The van der Waals surface area contributed by atoms with Crippen LogP contribution in [0.15, 0.2) is 59.9 Å². The lowest BCUT2D eigenvalue weighted by Gasteiger charge is -2.28. The number of pyridine rings is 2. The molecule has 4 aromatic rings. The van der Waals surface area contributed by atoms with Crippen LogP contribution in [0.1, 0.15) is 0 Å². The quantitative estimate of drug-likeness (QED) is 0.245. The topological polar surface area (TPSA) is 140 Å². The van der Waals surface area contributed by atoms with Crippen molar-refractivity contribution in [3.63, 3.8) is 0 Å². The van der Waals surface area contributed by atoms with Crippen LogP contribution >= 0.6 is 0 Å². The molecule has 1 aromatic carbocycles. The van der Waals surface area contributed by atoms with E-state index in [4.69, 9.17) is 4.74 Å². The van der Waals surface area contributed by atoms with Gasteiger partial charge in [-0.1, -0.05) is 16.6 Å². The highest BCUT2D eigenvalue weighted by atomic mass is 32.2. The zero-order valence-electron chi connectivity index (χ0n) is 21.7. The van der Waals surface area contributed by atoms with Crippen molar-refractivity contribution in [1.82, 2.24) is 25.3 Å². The third kappa shape index (κ3) is 5.60. The minimum absolute atomic E-state index is 0.0969. The van der Waals surface area contributed by atoms with E-state index >= 15 is 0 Å². The standard InChI is InChI=1S/C25H21F4N7O5S/c1-40-23-19(36(41-24(37)25(27,28)29)42(38,39)20-5-3-2-4-16(20)26)12-15(13-31-23)17-6-7-18-21(34-17)22(33-14-32-18)35-10-8-30-9-11-35/h2-7,12-14,30H,8-11H2,1H3. The van der Waals surface area contributed by atoms with Gasteiger partial charge in [0.2, 0.25) is 5.88 Å². The minimum atomic E-state index is -5.60. The molecule has 5 rings (SSSR count). The Hall–Kier alpha value is -4.64. The number of hydrogen-bond acceptors (Lipinski definition) is 11. The van der Waals surface area contributed by atoms with Crippen LogP contribution in [0.3, 0.4) is 0 Å². The zero-order chi connectivity index (χ0) is 30.1. The second-order valence-electron chi connectivity index (χ2n) is 8.79. The van der Waals surface area contributed by atoms with Crippen LogP contribution < -0.4 is 19.4 Å². The lowest BCUT2D eigenvalue weighted by atomic mass is 10.1. The Morgan fingerprint density at radius 3 is 2.50 bits per heavy atom. The van der Waals surface area contributed by atoms with Crippen molar-refractivity contribution < 1.29 is 40.3 Å². The molecule has 1 aliphatic rings. The number of alkyl halides is 3. The number of nitrogens with zero attached hydrogens (tertiary/aromatic N) is 6. The monoisotopic (exact) mass is 607 g/mol. The number of fused-ring (bicyclic) bond motifs is 1. The van der Waals surface area contributed by atoms with Gasteiger partial charge in [0, 0.05) is 37.9 Å². The predicted molar refractivity (Wildman–Crippen MR) is 140 cm³/mol. The molecular formula is C25H21F4N7O5S. The van der Waals surface area contributed by atoms with Gasteiger partial charge in [-0.25, -0.2) is 29.1 Å². The third-order valence-electron chi connectivity index (χ3n) is 6.13. The second kappa shape index (κ2) is 11.3. The molecule has 0 bridgehead atoms. The fraction of sp³-hybridized carbons (Fsp3) is 0.240. The maximum atomic E-state index is 14.6. The van der Waals surface area contributed by atoms with Gasteiger partial charge in [-0.3, -0.25) is 0 Å². The van der Waals surface area contributed by atoms with E-state index in [2.05, 4.69) is 30.1 Å². The molecule has 17 heteroatoms. The van der Waals surface area contributed by atoms with Crippen LogP contribution in [0.2, 0.25) is 0 Å². The van der Waals surface area contributed by atoms with Gasteiger partial charge in [-0.2, -0.15) is 21.6 Å². The number of carbonyl (C=O) groups excluding carboxylic acids is 1. The van der Waals surface area contributed by atoms with E-state index in [0.717, 1.165) is 44.5 Å². The molecule has 4 heterocycles. The summed E-state index contributed by atoms with van der Waals surface area (Å²) in [6.07, 6.45) is -2.97. The first-order valence-electron chi connectivity index (χ1n) is 12.2. The van der Waals surface area contributed by atoms with E-state index in [1.807, 2.05) is 4.90 Å². The minimum Gasteiger partial charge on any atom is -0.479 e. The fourth-order valence-corrected chi connectivity index (χ4v) is 5.46. The lowest BCUT2D eigenvalue weighted by molar-refractivity contribution is -0.199. The zero-order valence-corrected chi connectivity index (χ0v) is 22.5. The smallest absolute Gasteiger partial charge is 0.479 e. The van der Waals surface area contributed by atoms with E-state index in [1.54, 1.807) is 6.07 Å². The third-order valence-corrected chi connectivity index (χ3v) is 7.72. The number of rotatable bonds is 7. The maximum Gasteiger partial charge on any atom is 0.493 e. The number of hydrogen-bond donors (Lipinski definition) is 1. The average Bonchev–Trinajstić information content (AvgIpc) is 2.98. The maximum absolute atomic E-state index is 14.6. The number of methoxy groups -OCH3 is 1. The number of nitrogens with one attached hydrogen (secondary N) is 1. The molecule has 0 spiro atoms. The van der Waals surface area contributed by atoms with Crippen molar-refractivity contribution in [2.45, 2.75) is 11.1 Å². The van der Waals surface area contributed by atoms with Gasteiger partial charge in [0.25, 0.3) is 10.0 Å². The number of anilines is 2. The molecule has 0 aliphatic carbocycles. The van der Waals surface area contributed by atoms with Crippen LogP contribution in [0.4, 0.5) is 29.1 Å². The summed E-state index contributed by atoms with van der Waals surface area (Å²) in [5, 5.41) is 3.24. The number of ether oxygens (including phenoxy) is 1. The summed E-state index contributed by atoms with van der Waals surface area (Å²) in [5.41, 5.74) is 0.472. The first-order valence-corrected chi connectivity index (χ1v) is 13.7. The summed E-state index contributed by atoms with van der Waals surface area (Å²) in [4.78, 5) is 34.4. The summed E-state index contributed by atoms with van der Waals surface area (Å²) in [7, 11) is -4.22. The van der Waals surface area contributed by atoms with Crippen molar-refractivity contribution in [2.75, 3.05) is 42.7 Å². The molecule has 0 atom stereocenters. The van der Waals surface area contributed by atoms with E-state index in [9.17, 15) is 30.8 Å². The Kier molecular flexibility index (Phi) is 7.79. The number of benzene rings is 1. The summed E-state index contributed by atoms with van der Waals surface area (Å²) in [5.74, 6) is -4.17. The Bertz CT molecular complexity index is 1750. The highest BCUT2D eigenvalue weighted by Crippen LogP contribution is 2.36. The Morgan fingerprint density at radius 1 is 1.07 bits per heavy atom. The number of carbonyl (C=O) groups is 1. The second-order valence-corrected chi connectivity index (χ2v) is 10.5. The van der Waals surface area contributed by atoms with Crippen molar-refractivity contribution in [3.8, 4) is 17.1 Å². The summed E-state index contributed by atoms with van der Waals surface area (Å²) < 4.78 is 85.8. The first kappa shape index (κ1) is 28.9. The van der Waals surface area contributed by atoms with Crippen LogP contribution in [-0.2, 0) is 19.7 Å². The van der Waals surface area contributed by atoms with Gasteiger partial charge in [0.15, 0.2) is 11.5 Å². The van der Waals surface area contributed by atoms with Crippen molar-refractivity contribution in [3.05, 3.63) is 60.8 Å². The van der Waals surface area contributed by atoms with Crippen LogP contribution in [0, 0.1) is 5.82 Å². The van der Waals surface area contributed by atoms with Gasteiger partial charge in [0.05, 0.1) is 18.3 Å². The molecule has 0 saturated carbocycles. The van der Waals surface area contributed by atoms with Crippen LogP contribution in [0.25, 0.3) is 22.3 Å². The van der Waals surface area contributed by atoms with Crippen molar-refractivity contribution >= 4 is 38.5 Å². The van der Waals surface area contributed by atoms with Crippen molar-refractivity contribution in [2.24, 2.45) is 0 Å². The average molecular weight is 608 g/mol. The Labute approximate surface area is 235 Å². The Morgan fingerprint density at radius 2 is 1.81 bits per heavy atom. The molecule has 1 saturated heterocycles. The highest BCUT2D eigenvalue weighted by Gasteiger charge is 2.46. The largest absolute Gasteiger partial charge is 0.493 e. The van der Waals surface area contributed by atoms with Gasteiger partial charge >= 0.3 is 12.1 Å². The van der Waals surface area contributed by atoms with E-state index in [0.29, 0.717) is 29.9 Å². The highest BCUT2D eigenvalue weighted by molar-refractivity contribution is 7.92. The number of halogens is 4. The number of aromatic nitrogens is 4. The number of sulfonamides is 1. The molecule has 1 aliphatic heterocycles. The SMILES string of the molecule is COc1ncc(-c2ccc3ncnc(N4CCNCC4)c3n2)cc1N(OC(=O)C(F)(F)F)S(=O)(=O)c1ccccc1F. The van der Waals surface area contributed by atoms with Crippen LogP contribution in [-0.4, -0.2) is 73.8 Å². The summed E-state index contributed by atoms with van der Waals surface area (Å²) >= 11 is 0. The molecular weight excluding hydrogens is 586 g/mol. The molecule has 0 amide bonds. The fourth-order valence-electron chi connectivity index (χ4n) is 4.16.